The van der Waals surface area contributed by atoms with Crippen molar-refractivity contribution in [1.29, 1.82) is 0 Å². The lowest BCUT2D eigenvalue weighted by molar-refractivity contribution is 0.00355. The zero-order chi connectivity index (χ0) is 11.1. The number of hydrazine groups is 1. The first-order chi connectivity index (χ1) is 7.04. The zero-order valence-electron chi connectivity index (χ0n) is 9.50. The number of hydrogen-bond donors (Lipinski definition) is 0. The molecular formula is C12H17FN2. The van der Waals surface area contributed by atoms with Crippen LogP contribution in [0, 0.1) is 5.82 Å². The quantitative estimate of drug-likeness (QED) is 0.698. The molecule has 0 saturated carbocycles. The van der Waals surface area contributed by atoms with Crippen LogP contribution in [0.1, 0.15) is 18.9 Å². The summed E-state index contributed by atoms with van der Waals surface area (Å²) < 4.78 is 12.8. The molecule has 1 unspecified atom stereocenters. The maximum Gasteiger partial charge on any atom is 0.123 e. The molecule has 1 atom stereocenters. The molecule has 1 aromatic rings. The number of halogens is 1. The molecule has 1 heterocycles. The van der Waals surface area contributed by atoms with Gasteiger partial charge in [-0.25, -0.2) is 14.4 Å². The van der Waals surface area contributed by atoms with Crippen LogP contribution in [-0.2, 0) is 5.54 Å². The van der Waals surface area contributed by atoms with Crippen LogP contribution in [0.4, 0.5) is 4.39 Å². The van der Waals surface area contributed by atoms with Gasteiger partial charge in [-0.15, -0.1) is 0 Å². The van der Waals surface area contributed by atoms with Crippen LogP contribution in [0.2, 0.25) is 0 Å². The van der Waals surface area contributed by atoms with E-state index in [1.165, 1.54) is 17.7 Å². The summed E-state index contributed by atoms with van der Waals surface area (Å²) in [4.78, 5) is 0. The number of rotatable bonds is 1. The summed E-state index contributed by atoms with van der Waals surface area (Å²) in [7, 11) is 4.16. The Kier molecular flexibility index (Phi) is 2.52. The molecule has 0 radical (unpaired) electrons. The minimum atomic E-state index is -0.170. The molecule has 1 saturated heterocycles. The Hall–Kier alpha value is -0.930. The van der Waals surface area contributed by atoms with Crippen molar-refractivity contribution in [3.05, 3.63) is 35.6 Å². The van der Waals surface area contributed by atoms with E-state index in [2.05, 4.69) is 31.0 Å². The van der Waals surface area contributed by atoms with E-state index in [1.807, 2.05) is 12.1 Å². The van der Waals surface area contributed by atoms with Crippen LogP contribution in [-0.4, -0.2) is 30.7 Å². The maximum atomic E-state index is 12.8. The van der Waals surface area contributed by atoms with Gasteiger partial charge in [0.2, 0.25) is 0 Å². The molecule has 1 aliphatic rings. The number of hydrogen-bond acceptors (Lipinski definition) is 2. The van der Waals surface area contributed by atoms with Gasteiger partial charge in [-0.05, 0) is 31.0 Å². The molecule has 82 valence electrons. The molecule has 2 rings (SSSR count). The van der Waals surface area contributed by atoms with Gasteiger partial charge in [-0.3, -0.25) is 0 Å². The molecular weight excluding hydrogens is 191 g/mol. The SMILES string of the molecule is CN1CCC(C)(c2ccc(F)cc2)N1C. The Morgan fingerprint density at radius 3 is 2.27 bits per heavy atom. The molecule has 1 aromatic carbocycles. The minimum absolute atomic E-state index is 0.00243. The predicted octanol–water partition coefficient (Wildman–Crippen LogP) is 2.22. The van der Waals surface area contributed by atoms with Crippen LogP contribution < -0.4 is 0 Å². The molecule has 2 nitrogen and oxygen atoms in total. The fourth-order valence-electron chi connectivity index (χ4n) is 2.21. The second-order valence-electron chi connectivity index (χ2n) is 4.44. The fourth-order valence-corrected chi connectivity index (χ4v) is 2.21. The zero-order valence-corrected chi connectivity index (χ0v) is 9.50. The summed E-state index contributed by atoms with van der Waals surface area (Å²) in [5.41, 5.74) is 1.18. The van der Waals surface area contributed by atoms with Crippen molar-refractivity contribution < 1.29 is 4.39 Å². The summed E-state index contributed by atoms with van der Waals surface area (Å²) in [5, 5.41) is 4.42. The molecule has 0 N–H and O–H groups in total. The topological polar surface area (TPSA) is 6.48 Å². The Morgan fingerprint density at radius 2 is 1.80 bits per heavy atom. The molecule has 0 amide bonds. The molecule has 3 heteroatoms. The fraction of sp³-hybridized carbons (Fsp3) is 0.500. The predicted molar refractivity (Wildman–Crippen MR) is 58.8 cm³/mol. The number of nitrogens with zero attached hydrogens (tertiary/aromatic N) is 2. The van der Waals surface area contributed by atoms with Crippen LogP contribution in [0.15, 0.2) is 24.3 Å². The molecule has 1 aliphatic heterocycles. The van der Waals surface area contributed by atoms with Crippen LogP contribution in [0.3, 0.4) is 0 Å². The van der Waals surface area contributed by atoms with E-state index in [0.29, 0.717) is 0 Å². The van der Waals surface area contributed by atoms with Gasteiger partial charge in [-0.1, -0.05) is 12.1 Å². The summed E-state index contributed by atoms with van der Waals surface area (Å²) in [6.45, 7) is 3.24. The lowest BCUT2D eigenvalue weighted by Crippen LogP contribution is -2.41. The van der Waals surface area contributed by atoms with Crippen molar-refractivity contribution in [2.75, 3.05) is 20.6 Å². The smallest absolute Gasteiger partial charge is 0.123 e. The van der Waals surface area contributed by atoms with E-state index in [0.717, 1.165) is 13.0 Å². The van der Waals surface area contributed by atoms with Crippen LogP contribution >= 0.6 is 0 Å². The first-order valence-corrected chi connectivity index (χ1v) is 5.25. The van der Waals surface area contributed by atoms with Crippen molar-refractivity contribution in [2.45, 2.75) is 18.9 Å². The molecule has 0 bridgehead atoms. The van der Waals surface area contributed by atoms with Crippen molar-refractivity contribution in [1.82, 2.24) is 10.0 Å². The third-order valence-corrected chi connectivity index (χ3v) is 3.61. The van der Waals surface area contributed by atoms with Crippen molar-refractivity contribution in [2.24, 2.45) is 0 Å². The van der Waals surface area contributed by atoms with E-state index >= 15 is 0 Å². The van der Waals surface area contributed by atoms with Gasteiger partial charge in [0, 0.05) is 20.6 Å². The van der Waals surface area contributed by atoms with Crippen LogP contribution in [0.5, 0.6) is 0 Å². The van der Waals surface area contributed by atoms with Crippen molar-refractivity contribution in [3.63, 3.8) is 0 Å². The summed E-state index contributed by atoms with van der Waals surface area (Å²) >= 11 is 0. The van der Waals surface area contributed by atoms with Gasteiger partial charge in [0.05, 0.1) is 5.54 Å². The van der Waals surface area contributed by atoms with E-state index in [4.69, 9.17) is 0 Å². The van der Waals surface area contributed by atoms with E-state index in [1.54, 1.807) is 0 Å². The normalized spacial score (nSPS) is 28.5. The average molecular weight is 208 g/mol. The summed E-state index contributed by atoms with van der Waals surface area (Å²) in [6, 6.07) is 6.83. The Labute approximate surface area is 90.3 Å². The summed E-state index contributed by atoms with van der Waals surface area (Å²) in [6.07, 6.45) is 1.08. The third kappa shape index (κ3) is 1.66. The highest BCUT2D eigenvalue weighted by atomic mass is 19.1. The van der Waals surface area contributed by atoms with E-state index in [-0.39, 0.29) is 11.4 Å². The average Bonchev–Trinajstić information content (AvgIpc) is 2.48. The number of benzene rings is 1. The highest BCUT2D eigenvalue weighted by Gasteiger charge is 2.38. The van der Waals surface area contributed by atoms with E-state index < -0.39 is 0 Å². The Bertz CT molecular complexity index is 349. The maximum absolute atomic E-state index is 12.8. The van der Waals surface area contributed by atoms with Gasteiger partial charge < -0.3 is 0 Å². The van der Waals surface area contributed by atoms with E-state index in [9.17, 15) is 4.39 Å². The second kappa shape index (κ2) is 3.58. The molecule has 0 aromatic heterocycles. The van der Waals surface area contributed by atoms with Gasteiger partial charge >= 0.3 is 0 Å². The minimum Gasteiger partial charge on any atom is -0.244 e. The third-order valence-electron chi connectivity index (χ3n) is 3.61. The Balaban J connectivity index is 2.33. The monoisotopic (exact) mass is 208 g/mol. The van der Waals surface area contributed by atoms with Gasteiger partial charge in [0.1, 0.15) is 5.82 Å². The second-order valence-corrected chi connectivity index (χ2v) is 4.44. The molecule has 0 aliphatic carbocycles. The lowest BCUT2D eigenvalue weighted by Gasteiger charge is -2.35. The standard InChI is InChI=1S/C12H17FN2/c1-12(8-9-14(2)15(12)3)10-4-6-11(13)7-5-10/h4-7H,8-9H2,1-3H3. The van der Waals surface area contributed by atoms with Gasteiger partial charge in [0.25, 0.3) is 0 Å². The molecule has 0 spiro atoms. The van der Waals surface area contributed by atoms with Crippen molar-refractivity contribution >= 4 is 0 Å². The van der Waals surface area contributed by atoms with Crippen molar-refractivity contribution in [3.8, 4) is 0 Å². The highest BCUT2D eigenvalue weighted by Crippen LogP contribution is 2.36. The molecule has 1 fully saturated rings. The Morgan fingerprint density at radius 1 is 1.20 bits per heavy atom. The lowest BCUT2D eigenvalue weighted by atomic mass is 9.90. The van der Waals surface area contributed by atoms with Gasteiger partial charge in [0.15, 0.2) is 0 Å². The first kappa shape index (κ1) is 10.6. The first-order valence-electron chi connectivity index (χ1n) is 5.25. The van der Waals surface area contributed by atoms with Gasteiger partial charge in [-0.2, -0.15) is 0 Å². The molecule has 15 heavy (non-hydrogen) atoms. The largest absolute Gasteiger partial charge is 0.244 e. The summed E-state index contributed by atoms with van der Waals surface area (Å²) in [5.74, 6) is -0.170. The van der Waals surface area contributed by atoms with Crippen LogP contribution in [0.25, 0.3) is 0 Å². The highest BCUT2D eigenvalue weighted by molar-refractivity contribution is 5.25.